The van der Waals surface area contributed by atoms with Crippen LogP contribution in [0.1, 0.15) is 37.7 Å². The zero-order chi connectivity index (χ0) is 30.9. The van der Waals surface area contributed by atoms with E-state index in [1.807, 2.05) is 6.07 Å². The molecule has 0 spiro atoms. The lowest BCUT2D eigenvalue weighted by Crippen LogP contribution is -2.49. The van der Waals surface area contributed by atoms with Crippen LogP contribution in [0.4, 0.5) is 31.1 Å². The van der Waals surface area contributed by atoms with Crippen LogP contribution in [0.3, 0.4) is 0 Å². The lowest BCUT2D eigenvalue weighted by molar-refractivity contribution is -0.201. The van der Waals surface area contributed by atoms with E-state index >= 15 is 0 Å². The van der Waals surface area contributed by atoms with Crippen molar-refractivity contribution in [2.24, 2.45) is 12.5 Å². The van der Waals surface area contributed by atoms with Crippen molar-refractivity contribution in [3.8, 4) is 17.2 Å². The Balaban J connectivity index is 1.48. The average molecular weight is 620 g/mol. The maximum absolute atomic E-state index is 14.1. The fourth-order valence-electron chi connectivity index (χ4n) is 5.00. The van der Waals surface area contributed by atoms with Crippen LogP contribution in [0, 0.1) is 16.7 Å². The Bertz CT molecular complexity index is 1590. The second-order valence-corrected chi connectivity index (χ2v) is 12.9. The Morgan fingerprint density at radius 1 is 1.12 bits per heavy atom. The molecule has 5 rings (SSSR count). The molecule has 1 saturated heterocycles. The molecular formula is C25H23F6N5O5S. The number of halogens is 6. The second-order valence-electron chi connectivity index (χ2n) is 10.7. The van der Waals surface area contributed by atoms with E-state index in [1.165, 1.54) is 24.1 Å². The number of alkyl halides is 6. The van der Waals surface area contributed by atoms with Crippen LogP contribution in [0.2, 0.25) is 0 Å². The number of nitriles is 1. The molecule has 226 valence electrons. The van der Waals surface area contributed by atoms with Crippen molar-refractivity contribution in [1.29, 1.82) is 5.26 Å². The Kier molecular flexibility index (Phi) is 6.79. The monoisotopic (exact) mass is 619 g/mol. The number of carbonyl (C=O) groups is 2. The molecule has 3 aliphatic rings. The van der Waals surface area contributed by atoms with Crippen LogP contribution >= 0.6 is 0 Å². The number of alkyl carbamates (subject to hydrolysis) is 1. The first-order valence-corrected chi connectivity index (χ1v) is 14.2. The highest BCUT2D eigenvalue weighted by atomic mass is 32.2. The van der Waals surface area contributed by atoms with Gasteiger partial charge < -0.3 is 15.0 Å². The maximum Gasteiger partial charge on any atom is 0.417 e. The Morgan fingerprint density at radius 3 is 2.29 bits per heavy atom. The van der Waals surface area contributed by atoms with Gasteiger partial charge in [0.15, 0.2) is 16.1 Å². The standard InChI is InChI=1S/C25H23F6N5O5S/c1-35-11-15(10-33-35)14-2-3-18(17(8-14)24(26,27)28)42(39,40)16-9-19(41-21(38)34-22(13-32)4-5-22)36(12-16)20(37)23(6-7-23)25(29,30)31/h2-3,8,10-11,16,19H,4-7,9,12H2,1H3,(H,34,38)/t16-,19+/m1/s1. The maximum atomic E-state index is 14.1. The van der Waals surface area contributed by atoms with Crippen LogP contribution in [0.5, 0.6) is 0 Å². The van der Waals surface area contributed by atoms with Gasteiger partial charge in [-0.1, -0.05) is 6.07 Å². The van der Waals surface area contributed by atoms with Gasteiger partial charge in [0.1, 0.15) is 11.0 Å². The number of aromatic nitrogens is 2. The summed E-state index contributed by atoms with van der Waals surface area (Å²) in [5.41, 5.74) is -5.28. The zero-order valence-corrected chi connectivity index (χ0v) is 22.6. The summed E-state index contributed by atoms with van der Waals surface area (Å²) in [4.78, 5) is 24.9. The summed E-state index contributed by atoms with van der Waals surface area (Å²) < 4.78 is 117. The van der Waals surface area contributed by atoms with Gasteiger partial charge in [0.25, 0.3) is 0 Å². The molecule has 2 amide bonds. The van der Waals surface area contributed by atoms with Gasteiger partial charge in [-0.25, -0.2) is 13.2 Å². The number of ether oxygens (including phenoxy) is 1. The predicted octanol–water partition coefficient (Wildman–Crippen LogP) is 3.93. The number of carbonyl (C=O) groups excluding carboxylic acids is 2. The van der Waals surface area contributed by atoms with Gasteiger partial charge >= 0.3 is 18.4 Å². The van der Waals surface area contributed by atoms with Crippen molar-refractivity contribution in [2.45, 2.75) is 66.4 Å². The van der Waals surface area contributed by atoms with Crippen LogP contribution in [-0.2, 0) is 32.6 Å². The summed E-state index contributed by atoms with van der Waals surface area (Å²) >= 11 is 0. The van der Waals surface area contributed by atoms with E-state index in [4.69, 9.17) is 4.74 Å². The summed E-state index contributed by atoms with van der Waals surface area (Å²) in [6.07, 6.45) is -11.9. The quantitative estimate of drug-likeness (QED) is 0.485. The van der Waals surface area contributed by atoms with E-state index in [-0.39, 0.29) is 24.0 Å². The third-order valence-corrected chi connectivity index (χ3v) is 9.98. The van der Waals surface area contributed by atoms with Crippen molar-refractivity contribution in [2.75, 3.05) is 6.54 Å². The summed E-state index contributed by atoms with van der Waals surface area (Å²) in [5, 5.41) is 13.5. The highest BCUT2D eigenvalue weighted by Gasteiger charge is 2.70. The molecule has 2 heterocycles. The normalized spacial score (nSPS) is 22.8. The predicted molar refractivity (Wildman–Crippen MR) is 130 cm³/mol. The van der Waals surface area contributed by atoms with E-state index < -0.39 is 92.9 Å². The Morgan fingerprint density at radius 2 is 1.79 bits per heavy atom. The summed E-state index contributed by atoms with van der Waals surface area (Å²) in [6, 6.07) is 4.35. The molecule has 2 aromatic rings. The van der Waals surface area contributed by atoms with E-state index in [1.54, 1.807) is 0 Å². The number of aryl methyl sites for hydroxylation is 1. The fraction of sp³-hybridized carbons (Fsp3) is 0.520. The number of amides is 2. The molecule has 2 atom stereocenters. The molecule has 3 fully saturated rings. The number of benzene rings is 1. The Labute approximate surface area is 235 Å². The largest absolute Gasteiger partial charge is 0.425 e. The molecule has 1 N–H and O–H groups in total. The van der Waals surface area contributed by atoms with E-state index in [0.717, 1.165) is 12.1 Å². The molecule has 2 saturated carbocycles. The van der Waals surface area contributed by atoms with Crippen molar-refractivity contribution in [3.05, 3.63) is 36.2 Å². The lowest BCUT2D eigenvalue weighted by atomic mass is 10.1. The zero-order valence-electron chi connectivity index (χ0n) is 21.8. The van der Waals surface area contributed by atoms with Crippen molar-refractivity contribution in [1.82, 2.24) is 20.0 Å². The average Bonchev–Trinajstić information content (AvgIpc) is 3.79. The molecule has 17 heteroatoms. The minimum absolute atomic E-state index is 0.0165. The van der Waals surface area contributed by atoms with Crippen molar-refractivity contribution < 1.29 is 49.1 Å². The van der Waals surface area contributed by atoms with Crippen LogP contribution in [-0.4, -0.2) is 64.8 Å². The number of sulfone groups is 1. The number of hydrogen-bond acceptors (Lipinski definition) is 7. The first-order chi connectivity index (χ1) is 19.4. The number of nitrogens with one attached hydrogen (secondary N) is 1. The van der Waals surface area contributed by atoms with E-state index in [9.17, 15) is 49.6 Å². The van der Waals surface area contributed by atoms with Crippen LogP contribution in [0.15, 0.2) is 35.5 Å². The first kappa shape index (κ1) is 29.7. The molecule has 2 aliphatic carbocycles. The van der Waals surface area contributed by atoms with Gasteiger partial charge in [-0.15, -0.1) is 0 Å². The van der Waals surface area contributed by atoms with Gasteiger partial charge in [0.05, 0.1) is 28.0 Å². The SMILES string of the molecule is Cn1cc(-c2ccc(S(=O)(=O)[C@@H]3C[C@H](OC(=O)NC4(C#N)CC4)N(C(=O)C4(C(F)(F)F)CC4)C3)c(C(F)(F)F)c2)cn1. The number of rotatable bonds is 6. The summed E-state index contributed by atoms with van der Waals surface area (Å²) in [6.45, 7) is -0.942. The molecule has 42 heavy (non-hydrogen) atoms. The van der Waals surface area contributed by atoms with Gasteiger partial charge in [0, 0.05) is 31.8 Å². The van der Waals surface area contributed by atoms with Gasteiger partial charge in [0.2, 0.25) is 5.91 Å². The topological polar surface area (TPSA) is 134 Å². The third kappa shape index (κ3) is 5.16. The van der Waals surface area contributed by atoms with Crippen LogP contribution in [0.25, 0.3) is 11.1 Å². The molecule has 0 bridgehead atoms. The fourth-order valence-corrected chi connectivity index (χ4v) is 6.87. The highest BCUT2D eigenvalue weighted by molar-refractivity contribution is 7.92. The van der Waals surface area contributed by atoms with Crippen molar-refractivity contribution in [3.63, 3.8) is 0 Å². The smallest absolute Gasteiger partial charge is 0.417 e. The molecule has 0 unspecified atom stereocenters. The first-order valence-electron chi connectivity index (χ1n) is 12.6. The highest BCUT2D eigenvalue weighted by Crippen LogP contribution is 2.59. The van der Waals surface area contributed by atoms with Gasteiger partial charge in [-0.2, -0.15) is 36.7 Å². The van der Waals surface area contributed by atoms with Crippen molar-refractivity contribution >= 4 is 21.8 Å². The summed E-state index contributed by atoms with van der Waals surface area (Å²) in [5.74, 6) is -1.53. The number of nitrogens with zero attached hydrogens (tertiary/aromatic N) is 4. The van der Waals surface area contributed by atoms with E-state index in [2.05, 4.69) is 10.4 Å². The minimum Gasteiger partial charge on any atom is -0.425 e. The molecule has 10 nitrogen and oxygen atoms in total. The molecule has 0 radical (unpaired) electrons. The molecule has 1 aromatic carbocycles. The minimum atomic E-state index is -5.14. The molecule has 1 aliphatic heterocycles. The lowest BCUT2D eigenvalue weighted by Gasteiger charge is -2.29. The van der Waals surface area contributed by atoms with E-state index in [0.29, 0.717) is 11.0 Å². The molecular weight excluding hydrogens is 596 g/mol. The summed E-state index contributed by atoms with van der Waals surface area (Å²) in [7, 11) is -3.41. The molecule has 1 aromatic heterocycles. The third-order valence-electron chi connectivity index (χ3n) is 7.79. The number of likely N-dealkylation sites (tertiary alicyclic amines) is 1. The van der Waals surface area contributed by atoms with Gasteiger partial charge in [-0.05, 0) is 43.4 Å². The number of hydrogen-bond donors (Lipinski definition) is 1. The Hall–Kier alpha value is -3.81. The van der Waals surface area contributed by atoms with Crippen LogP contribution < -0.4 is 5.32 Å². The van der Waals surface area contributed by atoms with Gasteiger partial charge in [-0.3, -0.25) is 9.48 Å². The second kappa shape index (κ2) is 9.61.